The van der Waals surface area contributed by atoms with Crippen molar-refractivity contribution < 1.29 is 18.0 Å². The molecule has 0 spiro atoms. The maximum absolute atomic E-state index is 12.0. The number of carbonyl (C=O) groups is 2. The van der Waals surface area contributed by atoms with Crippen LogP contribution in [0.4, 0.5) is 0 Å². The smallest absolute Gasteiger partial charge is 0.253 e. The van der Waals surface area contributed by atoms with Gasteiger partial charge in [-0.2, -0.15) is 0 Å². The van der Waals surface area contributed by atoms with Gasteiger partial charge in [-0.25, -0.2) is 8.42 Å². The lowest BCUT2D eigenvalue weighted by atomic mass is 10.2. The van der Waals surface area contributed by atoms with Crippen LogP contribution in [0.1, 0.15) is 23.7 Å². The van der Waals surface area contributed by atoms with Crippen molar-refractivity contribution >= 4 is 33.3 Å². The van der Waals surface area contributed by atoms with Crippen LogP contribution in [0.15, 0.2) is 23.1 Å². The van der Waals surface area contributed by atoms with E-state index >= 15 is 0 Å². The van der Waals surface area contributed by atoms with Crippen LogP contribution in [0.25, 0.3) is 0 Å². The third-order valence-electron chi connectivity index (χ3n) is 2.59. The number of sulfone groups is 1. The lowest BCUT2D eigenvalue weighted by Gasteiger charge is -2.08. The van der Waals surface area contributed by atoms with Crippen molar-refractivity contribution in [3.8, 4) is 0 Å². The van der Waals surface area contributed by atoms with Crippen LogP contribution in [-0.2, 0) is 14.6 Å². The molecule has 2 N–H and O–H groups in total. The fraction of sp³-hybridized carbons (Fsp3) is 0.385. The minimum absolute atomic E-state index is 0.00696. The molecule has 0 aliphatic carbocycles. The number of hydrogen-bond acceptors (Lipinski definition) is 4. The second kappa shape index (κ2) is 7.42. The van der Waals surface area contributed by atoms with Crippen molar-refractivity contribution in [1.82, 2.24) is 10.6 Å². The first-order valence-corrected chi connectivity index (χ1v) is 8.57. The molecule has 1 aromatic rings. The third-order valence-corrected chi connectivity index (χ3v) is 4.03. The van der Waals surface area contributed by atoms with E-state index in [9.17, 15) is 18.0 Å². The monoisotopic (exact) mass is 332 g/mol. The summed E-state index contributed by atoms with van der Waals surface area (Å²) in [6, 6.07) is 3.85. The Balaban J connectivity index is 2.81. The Kier molecular flexibility index (Phi) is 6.17. The van der Waals surface area contributed by atoms with Gasteiger partial charge in [0.1, 0.15) is 0 Å². The largest absolute Gasteiger partial charge is 0.355 e. The highest BCUT2D eigenvalue weighted by Gasteiger charge is 2.16. The van der Waals surface area contributed by atoms with E-state index in [2.05, 4.69) is 10.6 Å². The molecule has 116 valence electrons. The Labute approximate surface area is 128 Å². The molecule has 0 aliphatic rings. The Bertz CT molecular complexity index is 644. The van der Waals surface area contributed by atoms with Gasteiger partial charge in [0.2, 0.25) is 5.91 Å². The molecule has 0 bridgehead atoms. The second-order valence-corrected chi connectivity index (χ2v) is 6.87. The van der Waals surface area contributed by atoms with E-state index < -0.39 is 15.7 Å². The van der Waals surface area contributed by atoms with Gasteiger partial charge in [-0.1, -0.05) is 18.5 Å². The number of carbonyl (C=O) groups excluding carboxylic acids is 2. The van der Waals surface area contributed by atoms with Crippen molar-refractivity contribution in [3.05, 3.63) is 28.8 Å². The van der Waals surface area contributed by atoms with E-state index in [1.165, 1.54) is 18.2 Å². The van der Waals surface area contributed by atoms with Gasteiger partial charge in [0.05, 0.1) is 22.0 Å². The summed E-state index contributed by atoms with van der Waals surface area (Å²) < 4.78 is 22.9. The van der Waals surface area contributed by atoms with Crippen molar-refractivity contribution in [1.29, 1.82) is 0 Å². The number of hydrogen-bond donors (Lipinski definition) is 2. The van der Waals surface area contributed by atoms with Gasteiger partial charge in [-0.15, -0.1) is 0 Å². The van der Waals surface area contributed by atoms with E-state index in [4.69, 9.17) is 11.6 Å². The first-order chi connectivity index (χ1) is 9.75. The summed E-state index contributed by atoms with van der Waals surface area (Å²) in [5.41, 5.74) is 0.0166. The molecule has 1 rings (SSSR count). The fourth-order valence-corrected chi connectivity index (χ4v) is 2.34. The predicted octanol–water partition coefficient (Wildman–Crippen LogP) is 0.999. The molecule has 0 heterocycles. The Morgan fingerprint density at radius 2 is 1.90 bits per heavy atom. The van der Waals surface area contributed by atoms with E-state index in [1.54, 1.807) is 0 Å². The zero-order valence-electron chi connectivity index (χ0n) is 11.8. The molecule has 0 aromatic heterocycles. The van der Waals surface area contributed by atoms with Crippen LogP contribution in [0.2, 0.25) is 5.02 Å². The van der Waals surface area contributed by atoms with Gasteiger partial charge in [-0.05, 0) is 24.6 Å². The SMILES string of the molecule is CCCNC(=O)CNC(=O)c1cc(S(C)(=O)=O)ccc1Cl. The Morgan fingerprint density at radius 3 is 2.48 bits per heavy atom. The van der Waals surface area contributed by atoms with Gasteiger partial charge in [0, 0.05) is 12.8 Å². The molecule has 6 nitrogen and oxygen atoms in total. The first kappa shape index (κ1) is 17.5. The van der Waals surface area contributed by atoms with E-state index in [0.29, 0.717) is 6.54 Å². The molecule has 0 saturated heterocycles. The van der Waals surface area contributed by atoms with Crippen LogP contribution in [0.5, 0.6) is 0 Å². The zero-order chi connectivity index (χ0) is 16.0. The van der Waals surface area contributed by atoms with Gasteiger partial charge >= 0.3 is 0 Å². The highest BCUT2D eigenvalue weighted by molar-refractivity contribution is 7.90. The molecule has 0 unspecified atom stereocenters. The molecular weight excluding hydrogens is 316 g/mol. The number of amides is 2. The predicted molar refractivity (Wildman–Crippen MR) is 80.2 cm³/mol. The summed E-state index contributed by atoms with van der Waals surface area (Å²) in [5, 5.41) is 5.12. The average molecular weight is 333 g/mol. The zero-order valence-corrected chi connectivity index (χ0v) is 13.3. The van der Waals surface area contributed by atoms with E-state index in [1.807, 2.05) is 6.92 Å². The van der Waals surface area contributed by atoms with Crippen LogP contribution in [0, 0.1) is 0 Å². The highest BCUT2D eigenvalue weighted by atomic mass is 35.5. The molecule has 2 amide bonds. The first-order valence-electron chi connectivity index (χ1n) is 6.30. The number of benzene rings is 1. The van der Waals surface area contributed by atoms with Crippen molar-refractivity contribution in [2.75, 3.05) is 19.3 Å². The van der Waals surface area contributed by atoms with Gasteiger partial charge in [0.25, 0.3) is 5.91 Å². The summed E-state index contributed by atoms with van der Waals surface area (Å²) in [7, 11) is -3.44. The topological polar surface area (TPSA) is 92.3 Å². The third kappa shape index (κ3) is 5.35. The minimum atomic E-state index is -3.44. The summed E-state index contributed by atoms with van der Waals surface area (Å²) >= 11 is 5.88. The second-order valence-electron chi connectivity index (χ2n) is 4.45. The van der Waals surface area contributed by atoms with Crippen molar-refractivity contribution in [2.24, 2.45) is 0 Å². The lowest BCUT2D eigenvalue weighted by Crippen LogP contribution is -2.37. The Hall–Kier alpha value is -1.60. The summed E-state index contributed by atoms with van der Waals surface area (Å²) in [6.07, 6.45) is 1.83. The normalized spacial score (nSPS) is 11.0. The number of rotatable bonds is 6. The van der Waals surface area contributed by atoms with Crippen molar-refractivity contribution in [2.45, 2.75) is 18.2 Å². The molecular formula is C13H17ClN2O4S. The van der Waals surface area contributed by atoms with Gasteiger partial charge in [-0.3, -0.25) is 9.59 Å². The fourth-order valence-electron chi connectivity index (χ4n) is 1.49. The quantitative estimate of drug-likeness (QED) is 0.812. The van der Waals surface area contributed by atoms with Crippen LogP contribution in [-0.4, -0.2) is 39.6 Å². The summed E-state index contributed by atoms with van der Waals surface area (Å²) in [5.74, 6) is -0.919. The van der Waals surface area contributed by atoms with Crippen molar-refractivity contribution in [3.63, 3.8) is 0 Å². The van der Waals surface area contributed by atoms with Crippen LogP contribution >= 0.6 is 11.6 Å². The molecule has 1 aromatic carbocycles. The Morgan fingerprint density at radius 1 is 1.24 bits per heavy atom. The summed E-state index contributed by atoms with van der Waals surface area (Å²) in [6.45, 7) is 2.24. The van der Waals surface area contributed by atoms with Crippen LogP contribution < -0.4 is 10.6 Å². The standard InChI is InChI=1S/C13H17ClN2O4S/c1-3-6-15-12(17)8-16-13(18)10-7-9(21(2,19)20)4-5-11(10)14/h4-5,7H,3,6,8H2,1-2H3,(H,15,17)(H,16,18). The maximum Gasteiger partial charge on any atom is 0.253 e. The molecule has 8 heteroatoms. The minimum Gasteiger partial charge on any atom is -0.355 e. The molecule has 0 radical (unpaired) electrons. The molecule has 0 fully saturated rings. The van der Waals surface area contributed by atoms with E-state index in [0.717, 1.165) is 12.7 Å². The van der Waals surface area contributed by atoms with Gasteiger partial charge in [0.15, 0.2) is 9.84 Å². The van der Waals surface area contributed by atoms with Crippen LogP contribution in [0.3, 0.4) is 0 Å². The number of halogens is 1. The maximum atomic E-state index is 12.0. The number of nitrogens with one attached hydrogen (secondary N) is 2. The molecule has 0 aliphatic heterocycles. The molecule has 21 heavy (non-hydrogen) atoms. The molecule has 0 saturated carbocycles. The molecule has 0 atom stereocenters. The lowest BCUT2D eigenvalue weighted by molar-refractivity contribution is -0.120. The van der Waals surface area contributed by atoms with E-state index in [-0.39, 0.29) is 27.9 Å². The van der Waals surface area contributed by atoms with Gasteiger partial charge < -0.3 is 10.6 Å². The highest BCUT2D eigenvalue weighted by Crippen LogP contribution is 2.20. The average Bonchev–Trinajstić information content (AvgIpc) is 2.41. The summed E-state index contributed by atoms with van der Waals surface area (Å²) in [4.78, 5) is 23.3.